The van der Waals surface area contributed by atoms with Gasteiger partial charge in [-0.1, -0.05) is 31.9 Å². The Hall–Kier alpha value is -1.65. The largest absolute Gasteiger partial charge is 0.328 e. The lowest BCUT2D eigenvalue weighted by Crippen LogP contribution is -2.62. The second-order valence-electron chi connectivity index (χ2n) is 4.19. The van der Waals surface area contributed by atoms with E-state index in [9.17, 15) is 14.4 Å². The molecule has 1 fully saturated rings. The van der Waals surface area contributed by atoms with Crippen LogP contribution in [0.2, 0.25) is 0 Å². The minimum atomic E-state index is -1.22. The first-order valence-electron chi connectivity index (χ1n) is 5.83. The summed E-state index contributed by atoms with van der Waals surface area (Å²) in [5.41, 5.74) is -0.525. The van der Waals surface area contributed by atoms with E-state index in [-0.39, 0.29) is 0 Å². The van der Waals surface area contributed by atoms with Gasteiger partial charge >= 0.3 is 6.03 Å². The van der Waals surface area contributed by atoms with E-state index in [4.69, 9.17) is 0 Å². The summed E-state index contributed by atoms with van der Waals surface area (Å²) in [6.45, 7) is 5.60. The van der Waals surface area contributed by atoms with Crippen molar-refractivity contribution in [1.82, 2.24) is 10.6 Å². The molecule has 1 heterocycles. The summed E-state index contributed by atoms with van der Waals surface area (Å²) in [4.78, 5) is 35.1. The van der Waals surface area contributed by atoms with Crippen LogP contribution in [0.25, 0.3) is 0 Å². The highest BCUT2D eigenvalue weighted by molar-refractivity contribution is 6.21. The van der Waals surface area contributed by atoms with Gasteiger partial charge in [0, 0.05) is 0 Å². The van der Waals surface area contributed by atoms with Crippen LogP contribution in [-0.4, -0.2) is 17.8 Å². The van der Waals surface area contributed by atoms with Crippen molar-refractivity contribution in [3.05, 3.63) is 11.6 Å². The molecular formula is C12H18N2O3. The van der Waals surface area contributed by atoms with Crippen LogP contribution in [0.5, 0.6) is 0 Å². The summed E-state index contributed by atoms with van der Waals surface area (Å²) >= 11 is 0. The van der Waals surface area contributed by atoms with Crippen molar-refractivity contribution < 1.29 is 14.4 Å². The molecule has 94 valence electrons. The van der Waals surface area contributed by atoms with Gasteiger partial charge in [-0.25, -0.2) is 4.79 Å². The number of rotatable bonds is 4. The van der Waals surface area contributed by atoms with Gasteiger partial charge in [-0.05, 0) is 19.8 Å². The van der Waals surface area contributed by atoms with Crippen molar-refractivity contribution in [2.45, 2.75) is 40.0 Å². The molecule has 2 N–H and O–H groups in total. The molecule has 0 radical (unpaired) electrons. The quantitative estimate of drug-likeness (QED) is 0.575. The Balaban J connectivity index is 3.22. The molecule has 17 heavy (non-hydrogen) atoms. The number of barbiturate groups is 1. The average Bonchev–Trinajstić information content (AvgIpc) is 2.23. The van der Waals surface area contributed by atoms with Crippen LogP contribution in [-0.2, 0) is 9.59 Å². The molecule has 4 amide bonds. The van der Waals surface area contributed by atoms with Gasteiger partial charge in [0.15, 0.2) is 0 Å². The molecule has 1 aliphatic rings. The first-order valence-corrected chi connectivity index (χ1v) is 5.83. The van der Waals surface area contributed by atoms with E-state index in [2.05, 4.69) is 10.6 Å². The van der Waals surface area contributed by atoms with E-state index in [0.717, 1.165) is 6.42 Å². The molecule has 0 aliphatic carbocycles. The standard InChI is InChI=1S/C12H18N2O3/c1-4-6-8(3)12(7-5-2)9(15)13-11(17)14-10(12)16/h6H,4-5,7H2,1-3H3,(H2,13,14,15,16,17)/b8-6-. The molecule has 5 heteroatoms. The third-order valence-electron chi connectivity index (χ3n) is 3.04. The SMILES string of the molecule is CC/C=C(/C)C1(CCC)C(=O)NC(=O)NC1=O. The first-order chi connectivity index (χ1) is 7.98. The molecule has 0 bridgehead atoms. The Morgan fingerprint density at radius 2 is 1.71 bits per heavy atom. The van der Waals surface area contributed by atoms with Crippen molar-refractivity contribution in [3.63, 3.8) is 0 Å². The lowest BCUT2D eigenvalue weighted by molar-refractivity contribution is -0.142. The van der Waals surface area contributed by atoms with Crippen LogP contribution in [0.15, 0.2) is 11.6 Å². The Morgan fingerprint density at radius 1 is 1.18 bits per heavy atom. The molecule has 1 rings (SSSR count). The molecule has 0 aromatic rings. The Kier molecular flexibility index (Phi) is 4.04. The molecule has 0 unspecified atom stereocenters. The summed E-state index contributed by atoms with van der Waals surface area (Å²) in [6.07, 6.45) is 3.68. The van der Waals surface area contributed by atoms with Crippen molar-refractivity contribution >= 4 is 17.8 Å². The Labute approximate surface area is 101 Å². The van der Waals surface area contributed by atoms with E-state index in [1.165, 1.54) is 0 Å². The number of carbonyl (C=O) groups is 3. The summed E-state index contributed by atoms with van der Waals surface area (Å²) in [5.74, 6) is -1.04. The molecule has 0 aromatic heterocycles. The molecule has 1 aliphatic heterocycles. The smallest absolute Gasteiger partial charge is 0.277 e. The zero-order valence-corrected chi connectivity index (χ0v) is 10.4. The fourth-order valence-electron chi connectivity index (χ4n) is 2.19. The van der Waals surface area contributed by atoms with Crippen LogP contribution in [0, 0.1) is 5.41 Å². The number of urea groups is 1. The van der Waals surface area contributed by atoms with Crippen LogP contribution >= 0.6 is 0 Å². The Morgan fingerprint density at radius 3 is 2.12 bits per heavy atom. The van der Waals surface area contributed by atoms with Gasteiger partial charge in [0.1, 0.15) is 5.41 Å². The van der Waals surface area contributed by atoms with Crippen LogP contribution in [0.4, 0.5) is 4.79 Å². The number of hydrogen-bond acceptors (Lipinski definition) is 3. The van der Waals surface area contributed by atoms with Crippen molar-refractivity contribution in [1.29, 1.82) is 0 Å². The van der Waals surface area contributed by atoms with Crippen molar-refractivity contribution in [2.24, 2.45) is 5.41 Å². The van der Waals surface area contributed by atoms with Crippen LogP contribution in [0.3, 0.4) is 0 Å². The van der Waals surface area contributed by atoms with Gasteiger partial charge in [-0.3, -0.25) is 20.2 Å². The number of hydrogen-bond donors (Lipinski definition) is 2. The summed E-state index contributed by atoms with van der Waals surface area (Å²) < 4.78 is 0. The minimum absolute atomic E-state index is 0.403. The second-order valence-corrected chi connectivity index (χ2v) is 4.19. The number of allylic oxidation sites excluding steroid dienone is 1. The second kappa shape index (κ2) is 5.12. The average molecular weight is 238 g/mol. The molecule has 1 saturated heterocycles. The van der Waals surface area contributed by atoms with Gasteiger partial charge in [0.2, 0.25) is 11.8 Å². The van der Waals surface area contributed by atoms with Gasteiger partial charge in [-0.15, -0.1) is 0 Å². The summed E-state index contributed by atoms with van der Waals surface area (Å²) in [7, 11) is 0. The van der Waals surface area contributed by atoms with Gasteiger partial charge in [0.25, 0.3) is 0 Å². The molecule has 0 atom stereocenters. The highest BCUT2D eigenvalue weighted by Gasteiger charge is 2.50. The van der Waals surface area contributed by atoms with Crippen molar-refractivity contribution in [3.8, 4) is 0 Å². The van der Waals surface area contributed by atoms with Gasteiger partial charge in [0.05, 0.1) is 0 Å². The molecular weight excluding hydrogens is 220 g/mol. The lowest BCUT2D eigenvalue weighted by Gasteiger charge is -2.34. The zero-order chi connectivity index (χ0) is 13.1. The van der Waals surface area contributed by atoms with Crippen molar-refractivity contribution in [2.75, 3.05) is 0 Å². The predicted octanol–water partition coefficient (Wildman–Crippen LogP) is 1.50. The third-order valence-corrected chi connectivity index (χ3v) is 3.04. The monoisotopic (exact) mass is 238 g/mol. The van der Waals surface area contributed by atoms with E-state index in [1.807, 2.05) is 19.9 Å². The van der Waals surface area contributed by atoms with Crippen LogP contribution in [0.1, 0.15) is 40.0 Å². The topological polar surface area (TPSA) is 75.3 Å². The number of amides is 4. The minimum Gasteiger partial charge on any atom is -0.277 e. The maximum atomic E-state index is 12.0. The normalized spacial score (nSPS) is 19.9. The Bertz CT molecular complexity index is 365. The first kappa shape index (κ1) is 13.4. The predicted molar refractivity (Wildman–Crippen MR) is 63.1 cm³/mol. The highest BCUT2D eigenvalue weighted by atomic mass is 16.2. The fourth-order valence-corrected chi connectivity index (χ4v) is 2.19. The molecule has 0 saturated carbocycles. The summed E-state index contributed by atoms with van der Waals surface area (Å²) in [5, 5.41) is 4.35. The van der Waals surface area contributed by atoms with Gasteiger partial charge < -0.3 is 0 Å². The fraction of sp³-hybridized carbons (Fsp3) is 0.583. The van der Waals surface area contributed by atoms with E-state index in [0.29, 0.717) is 18.4 Å². The number of nitrogens with one attached hydrogen (secondary N) is 2. The highest BCUT2D eigenvalue weighted by Crippen LogP contribution is 2.35. The maximum absolute atomic E-state index is 12.0. The lowest BCUT2D eigenvalue weighted by atomic mass is 9.74. The molecule has 0 aromatic carbocycles. The van der Waals surface area contributed by atoms with Gasteiger partial charge in [-0.2, -0.15) is 0 Å². The zero-order valence-electron chi connectivity index (χ0n) is 10.4. The molecule has 5 nitrogen and oxygen atoms in total. The van der Waals surface area contributed by atoms with E-state index >= 15 is 0 Å². The third kappa shape index (κ3) is 2.23. The maximum Gasteiger partial charge on any atom is 0.328 e. The molecule has 0 spiro atoms. The van der Waals surface area contributed by atoms with E-state index < -0.39 is 23.3 Å². The van der Waals surface area contributed by atoms with E-state index in [1.54, 1.807) is 6.92 Å². The summed E-state index contributed by atoms with van der Waals surface area (Å²) in [6, 6.07) is -0.740. The number of imide groups is 2. The number of carbonyl (C=O) groups excluding carboxylic acids is 3. The van der Waals surface area contributed by atoms with Crippen LogP contribution < -0.4 is 10.6 Å².